The van der Waals surface area contributed by atoms with E-state index in [0.29, 0.717) is 5.92 Å². The Kier molecular flexibility index (Phi) is 2.70. The predicted octanol–water partition coefficient (Wildman–Crippen LogP) is 1.59. The van der Waals surface area contributed by atoms with Crippen molar-refractivity contribution in [1.82, 2.24) is 5.32 Å². The Bertz CT molecular complexity index is 305. The van der Waals surface area contributed by atoms with Gasteiger partial charge >= 0.3 is 0 Å². The van der Waals surface area contributed by atoms with Crippen LogP contribution in [0.2, 0.25) is 0 Å². The summed E-state index contributed by atoms with van der Waals surface area (Å²) in [4.78, 5) is 0. The highest BCUT2D eigenvalue weighted by molar-refractivity contribution is 5.10. The Hall–Kier alpha value is -1.01. The van der Waals surface area contributed by atoms with Gasteiger partial charge in [-0.3, -0.25) is 4.48 Å². The smallest absolute Gasteiger partial charge is 0.251 e. The second kappa shape index (κ2) is 3.86. The Morgan fingerprint density at radius 1 is 1.47 bits per heavy atom. The van der Waals surface area contributed by atoms with Gasteiger partial charge in [-0.1, -0.05) is 13.8 Å². The lowest BCUT2D eigenvalue weighted by Gasteiger charge is -2.42. The van der Waals surface area contributed by atoms with Gasteiger partial charge < -0.3 is 5.32 Å². The van der Waals surface area contributed by atoms with Crippen LogP contribution in [-0.4, -0.2) is 30.3 Å². The molecule has 0 aromatic carbocycles. The highest BCUT2D eigenvalue weighted by Gasteiger charge is 2.42. The quantitative estimate of drug-likeness (QED) is 0.661. The number of nitrogens with zero attached hydrogens (tertiary/aromatic N) is 2. The molecule has 1 N–H and O–H groups in total. The maximum atomic E-state index is 9.18. The standard InChI is InChI=1S/C12H20N3/c1-10(2)11-8-14-12(7-13)15(9-11)5-3-4-6-15/h8,10,12,14H,3-6,9H2,1-2H3/q+1. The topological polar surface area (TPSA) is 35.8 Å². The second-order valence-electron chi connectivity index (χ2n) is 5.10. The van der Waals surface area contributed by atoms with Crippen LogP contribution in [0.5, 0.6) is 0 Å². The Morgan fingerprint density at radius 3 is 2.67 bits per heavy atom. The first kappa shape index (κ1) is 10.5. The number of nitriles is 1. The normalized spacial score (nSPS) is 28.7. The van der Waals surface area contributed by atoms with Gasteiger partial charge in [0.1, 0.15) is 6.54 Å². The van der Waals surface area contributed by atoms with Crippen LogP contribution in [0.3, 0.4) is 0 Å². The van der Waals surface area contributed by atoms with Gasteiger partial charge in [0.2, 0.25) is 0 Å². The third-order valence-electron chi connectivity index (χ3n) is 3.79. The first-order chi connectivity index (χ1) is 7.18. The average molecular weight is 206 g/mol. The molecule has 2 aliphatic rings. The van der Waals surface area contributed by atoms with Crippen molar-refractivity contribution in [1.29, 1.82) is 5.26 Å². The molecule has 1 saturated heterocycles. The van der Waals surface area contributed by atoms with Gasteiger partial charge in [0.05, 0.1) is 13.1 Å². The SMILES string of the molecule is CC(C)C1=CNC(C#N)[N+]2(CCCC2)C1. The van der Waals surface area contributed by atoms with Crippen LogP contribution in [0.1, 0.15) is 26.7 Å². The zero-order valence-corrected chi connectivity index (χ0v) is 9.66. The molecule has 3 nitrogen and oxygen atoms in total. The van der Waals surface area contributed by atoms with Gasteiger partial charge in [-0.05, 0) is 5.92 Å². The number of quaternary nitrogens is 1. The van der Waals surface area contributed by atoms with Gasteiger partial charge in [0.15, 0.2) is 6.07 Å². The van der Waals surface area contributed by atoms with E-state index in [0.717, 1.165) is 24.1 Å². The first-order valence-electron chi connectivity index (χ1n) is 5.88. The lowest BCUT2D eigenvalue weighted by molar-refractivity contribution is -0.933. The first-order valence-corrected chi connectivity index (χ1v) is 5.88. The van der Waals surface area contributed by atoms with E-state index >= 15 is 0 Å². The molecule has 3 heteroatoms. The van der Waals surface area contributed by atoms with E-state index in [1.165, 1.54) is 18.4 Å². The molecular formula is C12H20N3+. The zero-order chi connectivity index (χ0) is 10.9. The fourth-order valence-electron chi connectivity index (χ4n) is 2.74. The van der Waals surface area contributed by atoms with E-state index in [2.05, 4.69) is 31.4 Å². The molecule has 0 aromatic rings. The van der Waals surface area contributed by atoms with Crippen LogP contribution in [0.4, 0.5) is 0 Å². The Balaban J connectivity index is 2.22. The molecule has 0 amide bonds. The molecule has 0 saturated carbocycles. The average Bonchev–Trinajstić information content (AvgIpc) is 2.67. The number of hydrogen-bond acceptors (Lipinski definition) is 2. The third kappa shape index (κ3) is 1.74. The monoisotopic (exact) mass is 206 g/mol. The molecule has 1 atom stereocenters. The van der Waals surface area contributed by atoms with Crippen LogP contribution >= 0.6 is 0 Å². The molecule has 0 aromatic heterocycles. The van der Waals surface area contributed by atoms with Crippen LogP contribution in [0, 0.1) is 17.2 Å². The van der Waals surface area contributed by atoms with E-state index < -0.39 is 0 Å². The number of hydrogen-bond donors (Lipinski definition) is 1. The number of nitrogens with one attached hydrogen (secondary N) is 1. The van der Waals surface area contributed by atoms with Crippen molar-refractivity contribution >= 4 is 0 Å². The minimum Gasteiger partial charge on any atom is -0.331 e. The summed E-state index contributed by atoms with van der Waals surface area (Å²) in [7, 11) is 0. The summed E-state index contributed by atoms with van der Waals surface area (Å²) in [6.45, 7) is 7.85. The van der Waals surface area contributed by atoms with E-state index in [4.69, 9.17) is 0 Å². The predicted molar refractivity (Wildman–Crippen MR) is 59.6 cm³/mol. The van der Waals surface area contributed by atoms with Gasteiger partial charge in [-0.15, -0.1) is 0 Å². The molecule has 2 heterocycles. The van der Waals surface area contributed by atoms with Gasteiger partial charge in [-0.25, -0.2) is 0 Å². The Labute approximate surface area is 92.0 Å². The van der Waals surface area contributed by atoms with Crippen molar-refractivity contribution in [2.24, 2.45) is 5.92 Å². The van der Waals surface area contributed by atoms with Crippen molar-refractivity contribution < 1.29 is 4.48 Å². The van der Waals surface area contributed by atoms with Crippen molar-refractivity contribution in [3.63, 3.8) is 0 Å². The van der Waals surface area contributed by atoms with Crippen LogP contribution in [0.15, 0.2) is 11.8 Å². The summed E-state index contributed by atoms with van der Waals surface area (Å²) in [6.07, 6.45) is 4.59. The molecule has 2 rings (SSSR count). The zero-order valence-electron chi connectivity index (χ0n) is 9.66. The molecular weight excluding hydrogens is 186 g/mol. The largest absolute Gasteiger partial charge is 0.331 e. The minimum atomic E-state index is -0.0185. The minimum absolute atomic E-state index is 0.0185. The summed E-state index contributed by atoms with van der Waals surface area (Å²) in [5.74, 6) is 0.591. The number of rotatable bonds is 1. The van der Waals surface area contributed by atoms with Crippen molar-refractivity contribution in [2.45, 2.75) is 32.9 Å². The van der Waals surface area contributed by atoms with Crippen LogP contribution in [0.25, 0.3) is 0 Å². The van der Waals surface area contributed by atoms with E-state index in [9.17, 15) is 5.26 Å². The molecule has 1 unspecified atom stereocenters. The lowest BCUT2D eigenvalue weighted by Crippen LogP contribution is -2.61. The maximum absolute atomic E-state index is 9.18. The molecule has 82 valence electrons. The molecule has 0 aliphatic carbocycles. The lowest BCUT2D eigenvalue weighted by atomic mass is 10.0. The summed E-state index contributed by atoms with van der Waals surface area (Å²) in [5.41, 5.74) is 1.46. The maximum Gasteiger partial charge on any atom is 0.251 e. The highest BCUT2D eigenvalue weighted by Crippen LogP contribution is 2.29. The van der Waals surface area contributed by atoms with Gasteiger partial charge in [-0.2, -0.15) is 5.26 Å². The Morgan fingerprint density at radius 2 is 2.13 bits per heavy atom. The summed E-state index contributed by atoms with van der Waals surface area (Å²) >= 11 is 0. The molecule has 0 radical (unpaired) electrons. The fourth-order valence-corrected chi connectivity index (χ4v) is 2.74. The molecule has 15 heavy (non-hydrogen) atoms. The van der Waals surface area contributed by atoms with E-state index in [1.54, 1.807) is 0 Å². The van der Waals surface area contributed by atoms with E-state index in [-0.39, 0.29) is 6.17 Å². The summed E-state index contributed by atoms with van der Waals surface area (Å²) < 4.78 is 0.959. The van der Waals surface area contributed by atoms with Gasteiger partial charge in [0.25, 0.3) is 6.17 Å². The summed E-state index contributed by atoms with van der Waals surface area (Å²) in [6, 6.07) is 2.41. The molecule has 1 fully saturated rings. The van der Waals surface area contributed by atoms with Crippen LogP contribution in [-0.2, 0) is 0 Å². The molecule has 0 bridgehead atoms. The fraction of sp³-hybridized carbons (Fsp3) is 0.750. The molecule has 2 aliphatic heterocycles. The van der Waals surface area contributed by atoms with Gasteiger partial charge in [0, 0.05) is 24.6 Å². The third-order valence-corrected chi connectivity index (χ3v) is 3.79. The summed E-state index contributed by atoms with van der Waals surface area (Å²) in [5, 5.41) is 12.5. The van der Waals surface area contributed by atoms with Crippen molar-refractivity contribution in [2.75, 3.05) is 19.6 Å². The van der Waals surface area contributed by atoms with E-state index in [1.807, 2.05) is 0 Å². The highest BCUT2D eigenvalue weighted by atomic mass is 15.5. The second-order valence-corrected chi connectivity index (χ2v) is 5.10. The van der Waals surface area contributed by atoms with Crippen molar-refractivity contribution in [3.05, 3.63) is 11.8 Å². The van der Waals surface area contributed by atoms with Crippen LogP contribution < -0.4 is 5.32 Å². The van der Waals surface area contributed by atoms with Crippen molar-refractivity contribution in [3.8, 4) is 6.07 Å². The molecule has 1 spiro atoms.